The van der Waals surface area contributed by atoms with E-state index in [2.05, 4.69) is 4.72 Å². The van der Waals surface area contributed by atoms with E-state index in [1.165, 1.54) is 19.1 Å². The minimum Gasteiger partial charge on any atom is -0.396 e. The van der Waals surface area contributed by atoms with Crippen LogP contribution in [0.5, 0.6) is 0 Å². The van der Waals surface area contributed by atoms with Crippen molar-refractivity contribution < 1.29 is 17.9 Å². The normalized spacial score (nSPS) is 13.7. The molecule has 0 aliphatic carbocycles. The Morgan fingerprint density at radius 1 is 1.56 bits per heavy atom. The summed E-state index contributed by atoms with van der Waals surface area (Å²) in [5.74, 6) is -0.792. The molecule has 0 heterocycles. The maximum Gasteiger partial charge on any atom is 0.240 e. The summed E-state index contributed by atoms with van der Waals surface area (Å²) in [7, 11) is -3.80. The molecule has 0 radical (unpaired) electrons. The number of aliphatic hydroxyl groups excluding tert-OH is 1. The molecular weight excluding hydrogens is 235 g/mol. The van der Waals surface area contributed by atoms with E-state index in [4.69, 9.17) is 10.8 Å². The number of halogens is 1. The van der Waals surface area contributed by atoms with Gasteiger partial charge in [-0.05, 0) is 25.1 Å². The van der Waals surface area contributed by atoms with Gasteiger partial charge >= 0.3 is 0 Å². The van der Waals surface area contributed by atoms with Gasteiger partial charge < -0.3 is 10.8 Å². The number of benzene rings is 1. The molecule has 0 aromatic heterocycles. The van der Waals surface area contributed by atoms with E-state index in [0.29, 0.717) is 0 Å². The molecule has 5 nitrogen and oxygen atoms in total. The summed E-state index contributed by atoms with van der Waals surface area (Å²) in [5, 5.41) is 8.94. The highest BCUT2D eigenvalue weighted by atomic mass is 32.2. The van der Waals surface area contributed by atoms with Crippen molar-refractivity contribution >= 4 is 15.7 Å². The van der Waals surface area contributed by atoms with Crippen LogP contribution in [-0.2, 0) is 10.0 Å². The van der Waals surface area contributed by atoms with E-state index in [1.54, 1.807) is 0 Å². The molecule has 1 atom stereocenters. The number of anilines is 1. The number of rotatable bonds is 4. The predicted octanol–water partition coefficient (Wildman–Crippen LogP) is 0.0670. The Morgan fingerprint density at radius 3 is 2.69 bits per heavy atom. The molecule has 0 spiro atoms. The minimum atomic E-state index is -3.80. The molecule has 0 amide bonds. The highest BCUT2D eigenvalue weighted by molar-refractivity contribution is 7.89. The first-order valence-electron chi connectivity index (χ1n) is 4.55. The molecule has 0 fully saturated rings. The number of nitrogen functional groups attached to an aromatic ring is 1. The van der Waals surface area contributed by atoms with E-state index in [9.17, 15) is 12.8 Å². The van der Waals surface area contributed by atoms with Crippen LogP contribution in [0.2, 0.25) is 0 Å². The summed E-state index contributed by atoms with van der Waals surface area (Å²) in [5.41, 5.74) is 5.11. The third kappa shape index (κ3) is 3.16. The molecule has 1 aromatic carbocycles. The maximum atomic E-state index is 13.0. The maximum absolute atomic E-state index is 13.0. The second kappa shape index (κ2) is 4.77. The van der Waals surface area contributed by atoms with Gasteiger partial charge in [-0.3, -0.25) is 0 Å². The number of nitrogens with one attached hydrogen (secondary N) is 1. The Morgan fingerprint density at radius 2 is 2.19 bits per heavy atom. The van der Waals surface area contributed by atoms with Gasteiger partial charge in [-0.25, -0.2) is 17.5 Å². The van der Waals surface area contributed by atoms with Crippen molar-refractivity contribution in [2.24, 2.45) is 0 Å². The Balaban J connectivity index is 2.94. The lowest BCUT2D eigenvalue weighted by atomic mass is 10.3. The predicted molar refractivity (Wildman–Crippen MR) is 57.7 cm³/mol. The van der Waals surface area contributed by atoms with Crippen LogP contribution in [0.3, 0.4) is 0 Å². The summed E-state index contributed by atoms with van der Waals surface area (Å²) in [6.07, 6.45) is -0.812. The molecule has 16 heavy (non-hydrogen) atoms. The quantitative estimate of drug-likeness (QED) is 0.657. The second-order valence-electron chi connectivity index (χ2n) is 3.38. The molecule has 1 rings (SSSR count). The number of hydrogen-bond acceptors (Lipinski definition) is 4. The van der Waals surface area contributed by atoms with Crippen molar-refractivity contribution in [1.82, 2.24) is 4.72 Å². The second-order valence-corrected chi connectivity index (χ2v) is 5.15. The van der Waals surface area contributed by atoms with Crippen LogP contribution in [0.15, 0.2) is 23.1 Å². The molecule has 0 aliphatic heterocycles. The molecule has 7 heteroatoms. The molecule has 0 bridgehead atoms. The van der Waals surface area contributed by atoms with Gasteiger partial charge in [0.1, 0.15) is 5.82 Å². The first-order valence-corrected chi connectivity index (χ1v) is 6.04. The molecule has 0 unspecified atom stereocenters. The highest BCUT2D eigenvalue weighted by Crippen LogP contribution is 2.15. The van der Waals surface area contributed by atoms with Gasteiger partial charge in [0.05, 0.1) is 16.7 Å². The third-order valence-corrected chi connectivity index (χ3v) is 3.27. The first-order chi connectivity index (χ1) is 7.33. The Hall–Kier alpha value is -1.18. The minimum absolute atomic E-state index is 0.116. The van der Waals surface area contributed by atoms with Gasteiger partial charge in [-0.1, -0.05) is 0 Å². The monoisotopic (exact) mass is 248 g/mol. The van der Waals surface area contributed by atoms with Gasteiger partial charge in [0.25, 0.3) is 0 Å². The lowest BCUT2D eigenvalue weighted by Crippen LogP contribution is -2.30. The smallest absolute Gasteiger partial charge is 0.240 e. The van der Waals surface area contributed by atoms with Crippen LogP contribution in [0.1, 0.15) is 6.92 Å². The van der Waals surface area contributed by atoms with E-state index < -0.39 is 21.9 Å². The summed E-state index contributed by atoms with van der Waals surface area (Å²) >= 11 is 0. The average Bonchev–Trinajstić information content (AvgIpc) is 2.19. The third-order valence-electron chi connectivity index (χ3n) is 1.85. The van der Waals surface area contributed by atoms with Crippen LogP contribution in [0.25, 0.3) is 0 Å². The van der Waals surface area contributed by atoms with Crippen molar-refractivity contribution in [1.29, 1.82) is 0 Å². The molecule has 0 saturated carbocycles. The van der Waals surface area contributed by atoms with Gasteiger partial charge in [-0.2, -0.15) is 0 Å². The van der Waals surface area contributed by atoms with E-state index in [1.807, 2.05) is 0 Å². The van der Waals surface area contributed by atoms with Gasteiger partial charge in [0.15, 0.2) is 0 Å². The van der Waals surface area contributed by atoms with Crippen LogP contribution in [0, 0.1) is 5.82 Å². The number of nitrogens with two attached hydrogens (primary N) is 1. The average molecular weight is 248 g/mol. The van der Waals surface area contributed by atoms with Crippen molar-refractivity contribution in [2.75, 3.05) is 12.3 Å². The van der Waals surface area contributed by atoms with Crippen LogP contribution in [0.4, 0.5) is 10.1 Å². The van der Waals surface area contributed by atoms with E-state index >= 15 is 0 Å². The lowest BCUT2D eigenvalue weighted by molar-refractivity contribution is 0.198. The summed E-state index contributed by atoms with van der Waals surface area (Å²) in [6, 6.07) is 3.20. The summed E-state index contributed by atoms with van der Waals surface area (Å²) < 4.78 is 38.3. The fourth-order valence-corrected chi connectivity index (χ4v) is 2.12. The molecule has 1 aromatic rings. The number of aliphatic hydroxyl groups is 1. The topological polar surface area (TPSA) is 92.4 Å². The SMILES string of the molecule is C[C@H](O)CNS(=O)(=O)c1ccc(N)c(F)c1. The fourth-order valence-electron chi connectivity index (χ4n) is 0.989. The standard InChI is InChI=1S/C9H13FN2O3S/c1-6(13)5-12-16(14,15)7-2-3-9(11)8(10)4-7/h2-4,6,12-13H,5,11H2,1H3/t6-/m0/s1. The lowest BCUT2D eigenvalue weighted by Gasteiger charge is -2.08. The van der Waals surface area contributed by atoms with Crippen molar-refractivity contribution in [3.05, 3.63) is 24.0 Å². The zero-order valence-corrected chi connectivity index (χ0v) is 9.46. The molecule has 0 saturated heterocycles. The Kier molecular flexibility index (Phi) is 3.84. The highest BCUT2D eigenvalue weighted by Gasteiger charge is 2.15. The van der Waals surface area contributed by atoms with Crippen molar-refractivity contribution in [3.8, 4) is 0 Å². The molecular formula is C9H13FN2O3S. The van der Waals surface area contributed by atoms with Gasteiger partial charge in [0.2, 0.25) is 10.0 Å². The van der Waals surface area contributed by atoms with Crippen molar-refractivity contribution in [2.45, 2.75) is 17.9 Å². The Labute approximate surface area is 93.1 Å². The van der Waals surface area contributed by atoms with Crippen LogP contribution in [-0.4, -0.2) is 26.2 Å². The number of sulfonamides is 1. The Bertz CT molecular complexity index is 474. The van der Waals surface area contributed by atoms with Gasteiger partial charge in [0, 0.05) is 6.54 Å². The van der Waals surface area contributed by atoms with Crippen molar-refractivity contribution in [3.63, 3.8) is 0 Å². The van der Waals surface area contributed by atoms with E-state index in [0.717, 1.165) is 6.07 Å². The van der Waals surface area contributed by atoms with E-state index in [-0.39, 0.29) is 17.1 Å². The first kappa shape index (κ1) is 12.9. The summed E-state index contributed by atoms with van der Waals surface area (Å²) in [4.78, 5) is -0.222. The zero-order valence-electron chi connectivity index (χ0n) is 8.64. The molecule has 0 aliphatic rings. The summed E-state index contributed by atoms with van der Waals surface area (Å²) in [6.45, 7) is 1.31. The molecule has 4 N–H and O–H groups in total. The van der Waals surface area contributed by atoms with Crippen LogP contribution < -0.4 is 10.5 Å². The molecule has 90 valence electrons. The largest absolute Gasteiger partial charge is 0.396 e. The van der Waals surface area contributed by atoms with Crippen LogP contribution >= 0.6 is 0 Å². The number of hydrogen-bond donors (Lipinski definition) is 3. The zero-order chi connectivity index (χ0) is 12.3. The fraction of sp³-hybridized carbons (Fsp3) is 0.333. The van der Waals surface area contributed by atoms with Gasteiger partial charge in [-0.15, -0.1) is 0 Å².